The number of nitrogens with zero attached hydrogens (tertiary/aromatic N) is 2. The molecule has 3 rings (SSSR count). The molecule has 2 amide bonds. The number of urea groups is 1. The van der Waals surface area contributed by atoms with Gasteiger partial charge in [-0.15, -0.1) is 0 Å². The van der Waals surface area contributed by atoms with E-state index in [1.165, 1.54) is 0 Å². The highest BCUT2D eigenvalue weighted by Crippen LogP contribution is 2.22. The second-order valence-electron chi connectivity index (χ2n) is 6.73. The molecule has 0 fully saturated rings. The molecule has 0 saturated carbocycles. The Morgan fingerprint density at radius 1 is 1.10 bits per heavy atom. The van der Waals surface area contributed by atoms with E-state index in [1.54, 1.807) is 6.21 Å². The molecule has 3 aromatic rings. The third-order valence-corrected chi connectivity index (χ3v) is 4.64. The van der Waals surface area contributed by atoms with E-state index in [0.29, 0.717) is 6.61 Å². The number of aromatic nitrogens is 1. The lowest BCUT2D eigenvalue weighted by molar-refractivity contribution is 0.252. The van der Waals surface area contributed by atoms with Gasteiger partial charge in [0.2, 0.25) is 0 Å². The van der Waals surface area contributed by atoms with Gasteiger partial charge in [0.05, 0.1) is 12.8 Å². The number of para-hydroxylation sites is 1. The second kappa shape index (κ2) is 9.10. The molecule has 0 atom stereocenters. The number of rotatable bonds is 6. The molecule has 2 aromatic carbocycles. The van der Waals surface area contributed by atoms with Crippen molar-refractivity contribution in [3.8, 4) is 11.4 Å². The van der Waals surface area contributed by atoms with Gasteiger partial charge in [-0.1, -0.05) is 18.2 Å². The summed E-state index contributed by atoms with van der Waals surface area (Å²) in [5.41, 5.74) is 8.37. The number of carbonyl (C=O) groups is 1. The molecule has 0 unspecified atom stereocenters. The third-order valence-electron chi connectivity index (χ3n) is 4.64. The van der Waals surface area contributed by atoms with Gasteiger partial charge in [0, 0.05) is 28.3 Å². The molecule has 0 aliphatic carbocycles. The summed E-state index contributed by atoms with van der Waals surface area (Å²) >= 11 is 0. The molecule has 1 heterocycles. The van der Waals surface area contributed by atoms with Crippen LogP contribution in [0.2, 0.25) is 0 Å². The molecular formula is C23H26N4O2. The standard InChI is InChI=1S/C23H26N4O2/c1-5-29-21-12-10-20(11-13-21)27-17(3)14-19(18(27)4)15-24-26-23(28)25-22-9-7-6-8-16(22)2/h6-15H,5H2,1-4H3,(H2,25,26,28)/b24-15+. The molecule has 0 aliphatic heterocycles. The zero-order valence-corrected chi connectivity index (χ0v) is 17.2. The van der Waals surface area contributed by atoms with Crippen LogP contribution in [0.5, 0.6) is 5.75 Å². The van der Waals surface area contributed by atoms with E-state index in [0.717, 1.165) is 39.6 Å². The van der Waals surface area contributed by atoms with E-state index in [-0.39, 0.29) is 6.03 Å². The van der Waals surface area contributed by atoms with Crippen molar-refractivity contribution in [3.63, 3.8) is 0 Å². The quantitative estimate of drug-likeness (QED) is 0.462. The number of ether oxygens (including phenoxy) is 1. The first kappa shape index (κ1) is 20.2. The highest BCUT2D eigenvalue weighted by Gasteiger charge is 2.10. The highest BCUT2D eigenvalue weighted by molar-refractivity contribution is 5.91. The largest absolute Gasteiger partial charge is 0.494 e. The monoisotopic (exact) mass is 390 g/mol. The molecule has 6 heteroatoms. The van der Waals surface area contributed by atoms with Crippen LogP contribution in [0.15, 0.2) is 59.7 Å². The van der Waals surface area contributed by atoms with E-state index in [4.69, 9.17) is 4.74 Å². The Bertz CT molecular complexity index is 1020. The average molecular weight is 390 g/mol. The number of hydrogen-bond donors (Lipinski definition) is 2. The van der Waals surface area contributed by atoms with Crippen LogP contribution in [-0.2, 0) is 0 Å². The van der Waals surface area contributed by atoms with Crippen molar-refractivity contribution in [1.82, 2.24) is 9.99 Å². The maximum Gasteiger partial charge on any atom is 0.339 e. The van der Waals surface area contributed by atoms with Crippen molar-refractivity contribution in [2.75, 3.05) is 11.9 Å². The summed E-state index contributed by atoms with van der Waals surface area (Å²) in [5, 5.41) is 6.88. The van der Waals surface area contributed by atoms with Gasteiger partial charge in [0.25, 0.3) is 0 Å². The Hall–Kier alpha value is -3.54. The molecule has 29 heavy (non-hydrogen) atoms. The summed E-state index contributed by atoms with van der Waals surface area (Å²) in [6, 6.07) is 17.2. The zero-order chi connectivity index (χ0) is 20.8. The van der Waals surface area contributed by atoms with Crippen molar-refractivity contribution >= 4 is 17.9 Å². The number of anilines is 1. The number of nitrogens with one attached hydrogen (secondary N) is 2. The normalized spacial score (nSPS) is 10.9. The zero-order valence-electron chi connectivity index (χ0n) is 17.2. The lowest BCUT2D eigenvalue weighted by Gasteiger charge is -2.11. The number of carbonyl (C=O) groups excluding carboxylic acids is 1. The van der Waals surface area contributed by atoms with Gasteiger partial charge in [0.15, 0.2) is 0 Å². The maximum absolute atomic E-state index is 12.1. The topological polar surface area (TPSA) is 67.6 Å². The van der Waals surface area contributed by atoms with Crippen LogP contribution in [0.1, 0.15) is 29.4 Å². The first-order valence-corrected chi connectivity index (χ1v) is 9.57. The van der Waals surface area contributed by atoms with E-state index in [1.807, 2.05) is 82.3 Å². The van der Waals surface area contributed by atoms with Gasteiger partial charge < -0.3 is 14.6 Å². The van der Waals surface area contributed by atoms with E-state index >= 15 is 0 Å². The van der Waals surface area contributed by atoms with Gasteiger partial charge >= 0.3 is 6.03 Å². The molecule has 0 spiro atoms. The van der Waals surface area contributed by atoms with Crippen LogP contribution < -0.4 is 15.5 Å². The molecule has 150 valence electrons. The van der Waals surface area contributed by atoms with Crippen LogP contribution in [0.25, 0.3) is 5.69 Å². The van der Waals surface area contributed by atoms with E-state index in [2.05, 4.69) is 20.4 Å². The van der Waals surface area contributed by atoms with Crippen molar-refractivity contribution in [3.05, 3.63) is 77.1 Å². The fourth-order valence-corrected chi connectivity index (χ4v) is 3.20. The molecular weight excluding hydrogens is 364 g/mol. The van der Waals surface area contributed by atoms with Crippen molar-refractivity contribution in [2.24, 2.45) is 5.10 Å². The molecule has 0 saturated heterocycles. The minimum atomic E-state index is -0.379. The molecule has 2 N–H and O–H groups in total. The summed E-state index contributed by atoms with van der Waals surface area (Å²) in [6.45, 7) is 8.62. The molecule has 1 aromatic heterocycles. The fourth-order valence-electron chi connectivity index (χ4n) is 3.20. The molecule has 0 radical (unpaired) electrons. The first-order valence-electron chi connectivity index (χ1n) is 9.57. The Kier molecular flexibility index (Phi) is 6.34. The second-order valence-corrected chi connectivity index (χ2v) is 6.73. The van der Waals surface area contributed by atoms with Gasteiger partial charge in [-0.2, -0.15) is 5.10 Å². The fraction of sp³-hybridized carbons (Fsp3) is 0.217. The van der Waals surface area contributed by atoms with Crippen LogP contribution in [0.4, 0.5) is 10.5 Å². The third kappa shape index (κ3) is 4.85. The molecule has 0 bridgehead atoms. The van der Waals surface area contributed by atoms with Gasteiger partial charge in [0.1, 0.15) is 5.75 Å². The summed E-state index contributed by atoms with van der Waals surface area (Å²) in [5.74, 6) is 0.851. The van der Waals surface area contributed by atoms with Crippen LogP contribution in [-0.4, -0.2) is 23.4 Å². The number of benzene rings is 2. The Balaban J connectivity index is 1.69. The summed E-state index contributed by atoms with van der Waals surface area (Å²) in [7, 11) is 0. The number of amides is 2. The average Bonchev–Trinajstić information content (AvgIpc) is 2.98. The lowest BCUT2D eigenvalue weighted by Crippen LogP contribution is -2.24. The SMILES string of the molecule is CCOc1ccc(-n2c(C)cc(/C=N/NC(=O)Nc3ccccc3C)c2C)cc1. The predicted octanol–water partition coefficient (Wildman–Crippen LogP) is 4.96. The first-order chi connectivity index (χ1) is 14.0. The number of aryl methyl sites for hydroxylation is 2. The maximum atomic E-state index is 12.1. The predicted molar refractivity (Wildman–Crippen MR) is 117 cm³/mol. The minimum Gasteiger partial charge on any atom is -0.494 e. The Labute approximate surface area is 171 Å². The summed E-state index contributed by atoms with van der Waals surface area (Å²) in [6.07, 6.45) is 1.66. The summed E-state index contributed by atoms with van der Waals surface area (Å²) in [4.78, 5) is 12.1. The van der Waals surface area contributed by atoms with Gasteiger partial charge in [-0.25, -0.2) is 10.2 Å². The minimum absolute atomic E-state index is 0.379. The van der Waals surface area contributed by atoms with Crippen LogP contribution in [0.3, 0.4) is 0 Å². The van der Waals surface area contributed by atoms with E-state index < -0.39 is 0 Å². The van der Waals surface area contributed by atoms with Crippen LogP contribution in [0, 0.1) is 20.8 Å². The number of hydrogen-bond acceptors (Lipinski definition) is 3. The van der Waals surface area contributed by atoms with Gasteiger partial charge in [-0.05, 0) is 69.7 Å². The van der Waals surface area contributed by atoms with Crippen molar-refractivity contribution in [1.29, 1.82) is 0 Å². The number of hydrazone groups is 1. The molecule has 0 aliphatic rings. The molecule has 6 nitrogen and oxygen atoms in total. The van der Waals surface area contributed by atoms with Gasteiger partial charge in [-0.3, -0.25) is 0 Å². The Morgan fingerprint density at radius 2 is 1.83 bits per heavy atom. The van der Waals surface area contributed by atoms with Crippen molar-refractivity contribution < 1.29 is 9.53 Å². The summed E-state index contributed by atoms with van der Waals surface area (Å²) < 4.78 is 7.65. The Morgan fingerprint density at radius 3 is 2.52 bits per heavy atom. The highest BCUT2D eigenvalue weighted by atomic mass is 16.5. The smallest absolute Gasteiger partial charge is 0.339 e. The van der Waals surface area contributed by atoms with Crippen LogP contribution >= 0.6 is 0 Å². The van der Waals surface area contributed by atoms with E-state index in [9.17, 15) is 4.79 Å². The lowest BCUT2D eigenvalue weighted by atomic mass is 10.2. The van der Waals surface area contributed by atoms with Crippen molar-refractivity contribution in [2.45, 2.75) is 27.7 Å².